The number of hydrogen-bond donors (Lipinski definition) is 0. The zero-order valence-electron chi connectivity index (χ0n) is 13.8. The van der Waals surface area contributed by atoms with E-state index in [0.29, 0.717) is 22.8 Å². The Labute approximate surface area is 136 Å². The van der Waals surface area contributed by atoms with E-state index in [1.165, 1.54) is 27.4 Å². The van der Waals surface area contributed by atoms with E-state index in [1.807, 2.05) is 31.2 Å². The number of ketones is 1. The predicted molar refractivity (Wildman–Crippen MR) is 90.6 cm³/mol. The van der Waals surface area contributed by atoms with Crippen molar-refractivity contribution < 1.29 is 19.0 Å². The average Bonchev–Trinajstić information content (AvgIpc) is 2.59. The quantitative estimate of drug-likeness (QED) is 0.599. The smallest absolute Gasteiger partial charge is 0.204 e. The van der Waals surface area contributed by atoms with Gasteiger partial charge in [-0.2, -0.15) is 0 Å². The van der Waals surface area contributed by atoms with Crippen molar-refractivity contribution in [1.29, 1.82) is 0 Å². The van der Waals surface area contributed by atoms with Crippen LogP contribution in [0.25, 0.3) is 6.08 Å². The lowest BCUT2D eigenvalue weighted by Gasteiger charge is -2.14. The second kappa shape index (κ2) is 7.49. The first-order valence-electron chi connectivity index (χ1n) is 7.19. The Morgan fingerprint density at radius 2 is 1.61 bits per heavy atom. The summed E-state index contributed by atoms with van der Waals surface area (Å²) >= 11 is 0. The van der Waals surface area contributed by atoms with Crippen molar-refractivity contribution in [2.45, 2.75) is 6.92 Å². The SMILES string of the molecule is COc1ccc(C(=O)C=Cc2ccccc2C)c(OC)c1OC. The third-order valence-corrected chi connectivity index (χ3v) is 3.57. The number of rotatable bonds is 6. The highest BCUT2D eigenvalue weighted by atomic mass is 16.5. The standard InChI is InChI=1S/C19H20O4/c1-13-7-5-6-8-14(13)9-11-16(20)15-10-12-17(21-2)19(23-4)18(15)22-3/h5-12H,1-4H3. The van der Waals surface area contributed by atoms with Gasteiger partial charge in [0.15, 0.2) is 17.3 Å². The molecule has 0 saturated heterocycles. The molecule has 0 saturated carbocycles. The topological polar surface area (TPSA) is 44.8 Å². The predicted octanol–water partition coefficient (Wildman–Crippen LogP) is 3.92. The van der Waals surface area contributed by atoms with E-state index in [9.17, 15) is 4.79 Å². The van der Waals surface area contributed by atoms with Gasteiger partial charge in [-0.25, -0.2) is 0 Å². The van der Waals surface area contributed by atoms with Crippen molar-refractivity contribution in [3.63, 3.8) is 0 Å². The number of carbonyl (C=O) groups is 1. The van der Waals surface area contributed by atoms with Crippen molar-refractivity contribution in [2.75, 3.05) is 21.3 Å². The lowest BCUT2D eigenvalue weighted by atomic mass is 10.0. The molecular weight excluding hydrogens is 292 g/mol. The van der Waals surface area contributed by atoms with Crippen LogP contribution in [0.15, 0.2) is 42.5 Å². The van der Waals surface area contributed by atoms with E-state index in [0.717, 1.165) is 11.1 Å². The van der Waals surface area contributed by atoms with Gasteiger partial charge in [-0.1, -0.05) is 30.3 Å². The molecule has 2 aromatic rings. The monoisotopic (exact) mass is 312 g/mol. The largest absolute Gasteiger partial charge is 0.493 e. The van der Waals surface area contributed by atoms with Gasteiger partial charge in [0.1, 0.15) is 0 Å². The fraction of sp³-hybridized carbons (Fsp3) is 0.211. The number of carbonyl (C=O) groups excluding carboxylic acids is 1. The Morgan fingerprint density at radius 3 is 2.22 bits per heavy atom. The Morgan fingerprint density at radius 1 is 0.913 bits per heavy atom. The molecule has 120 valence electrons. The molecule has 0 spiro atoms. The van der Waals surface area contributed by atoms with Gasteiger partial charge in [-0.3, -0.25) is 4.79 Å². The first-order chi connectivity index (χ1) is 11.1. The van der Waals surface area contributed by atoms with E-state index in [2.05, 4.69) is 0 Å². The average molecular weight is 312 g/mol. The molecule has 0 radical (unpaired) electrons. The molecule has 4 nitrogen and oxygen atoms in total. The Kier molecular flexibility index (Phi) is 5.41. The number of aryl methyl sites for hydroxylation is 1. The van der Waals surface area contributed by atoms with E-state index in [-0.39, 0.29) is 5.78 Å². The van der Waals surface area contributed by atoms with Crippen LogP contribution in [0.2, 0.25) is 0 Å². The molecule has 0 atom stereocenters. The minimum absolute atomic E-state index is 0.161. The minimum Gasteiger partial charge on any atom is -0.493 e. The fourth-order valence-corrected chi connectivity index (χ4v) is 2.32. The van der Waals surface area contributed by atoms with Crippen LogP contribution in [0.1, 0.15) is 21.5 Å². The van der Waals surface area contributed by atoms with E-state index < -0.39 is 0 Å². The van der Waals surface area contributed by atoms with Gasteiger partial charge < -0.3 is 14.2 Å². The number of benzene rings is 2. The van der Waals surface area contributed by atoms with Crippen molar-refractivity contribution in [3.8, 4) is 17.2 Å². The number of methoxy groups -OCH3 is 3. The van der Waals surface area contributed by atoms with Gasteiger partial charge in [0, 0.05) is 0 Å². The van der Waals surface area contributed by atoms with Gasteiger partial charge in [0.25, 0.3) is 0 Å². The normalized spacial score (nSPS) is 10.6. The summed E-state index contributed by atoms with van der Waals surface area (Å²) in [5.74, 6) is 1.13. The molecule has 0 unspecified atom stereocenters. The molecule has 0 fully saturated rings. The fourth-order valence-electron chi connectivity index (χ4n) is 2.32. The maximum atomic E-state index is 12.5. The molecule has 0 bridgehead atoms. The Balaban J connectivity index is 2.38. The summed E-state index contributed by atoms with van der Waals surface area (Å²) in [4.78, 5) is 12.5. The summed E-state index contributed by atoms with van der Waals surface area (Å²) in [6.07, 6.45) is 3.33. The summed E-state index contributed by atoms with van der Waals surface area (Å²) in [6, 6.07) is 11.2. The summed E-state index contributed by atoms with van der Waals surface area (Å²) in [5.41, 5.74) is 2.53. The number of ether oxygens (including phenoxy) is 3. The van der Waals surface area contributed by atoms with Crippen LogP contribution in [0.4, 0.5) is 0 Å². The summed E-state index contributed by atoms with van der Waals surface area (Å²) in [5, 5.41) is 0. The highest BCUT2D eigenvalue weighted by molar-refractivity contribution is 6.09. The lowest BCUT2D eigenvalue weighted by Crippen LogP contribution is -2.03. The molecule has 0 heterocycles. The zero-order valence-corrected chi connectivity index (χ0v) is 13.8. The molecule has 0 N–H and O–H groups in total. The van der Waals surface area contributed by atoms with Crippen molar-refractivity contribution in [3.05, 3.63) is 59.2 Å². The van der Waals surface area contributed by atoms with Crippen LogP contribution in [0.3, 0.4) is 0 Å². The van der Waals surface area contributed by atoms with Crippen molar-refractivity contribution >= 4 is 11.9 Å². The number of allylic oxidation sites excluding steroid dienone is 1. The van der Waals surface area contributed by atoms with Crippen LogP contribution in [-0.2, 0) is 0 Å². The van der Waals surface area contributed by atoms with Crippen LogP contribution in [0, 0.1) is 6.92 Å². The molecule has 0 amide bonds. The third kappa shape index (κ3) is 3.54. The minimum atomic E-state index is -0.161. The second-order valence-corrected chi connectivity index (χ2v) is 4.94. The van der Waals surface area contributed by atoms with Crippen LogP contribution >= 0.6 is 0 Å². The van der Waals surface area contributed by atoms with E-state index in [4.69, 9.17) is 14.2 Å². The molecule has 4 heteroatoms. The third-order valence-electron chi connectivity index (χ3n) is 3.57. The summed E-state index contributed by atoms with van der Waals surface area (Å²) < 4.78 is 15.9. The van der Waals surface area contributed by atoms with Crippen LogP contribution < -0.4 is 14.2 Å². The highest BCUT2D eigenvalue weighted by Gasteiger charge is 2.19. The summed E-state index contributed by atoms with van der Waals surface area (Å²) in [7, 11) is 4.55. The number of hydrogen-bond acceptors (Lipinski definition) is 4. The highest BCUT2D eigenvalue weighted by Crippen LogP contribution is 2.40. The molecule has 2 rings (SSSR count). The molecular formula is C19H20O4. The maximum Gasteiger partial charge on any atom is 0.204 e. The second-order valence-electron chi connectivity index (χ2n) is 4.94. The van der Waals surface area contributed by atoms with Gasteiger partial charge in [-0.05, 0) is 36.3 Å². The van der Waals surface area contributed by atoms with Gasteiger partial charge in [0.2, 0.25) is 5.75 Å². The molecule has 0 aliphatic carbocycles. The first kappa shape index (κ1) is 16.6. The van der Waals surface area contributed by atoms with Gasteiger partial charge >= 0.3 is 0 Å². The lowest BCUT2D eigenvalue weighted by molar-refractivity contribution is 0.104. The maximum absolute atomic E-state index is 12.5. The van der Waals surface area contributed by atoms with E-state index in [1.54, 1.807) is 18.2 Å². The first-order valence-corrected chi connectivity index (χ1v) is 7.19. The molecule has 23 heavy (non-hydrogen) atoms. The van der Waals surface area contributed by atoms with Crippen LogP contribution in [-0.4, -0.2) is 27.1 Å². The molecule has 0 aliphatic heterocycles. The van der Waals surface area contributed by atoms with Crippen molar-refractivity contribution in [2.24, 2.45) is 0 Å². The van der Waals surface area contributed by atoms with E-state index >= 15 is 0 Å². The Hall–Kier alpha value is -2.75. The zero-order chi connectivity index (χ0) is 16.8. The Bertz CT molecular complexity index is 732. The van der Waals surface area contributed by atoms with Gasteiger partial charge in [0.05, 0.1) is 26.9 Å². The molecule has 2 aromatic carbocycles. The molecule has 0 aromatic heterocycles. The van der Waals surface area contributed by atoms with Crippen molar-refractivity contribution in [1.82, 2.24) is 0 Å². The molecule has 0 aliphatic rings. The van der Waals surface area contributed by atoms with Gasteiger partial charge in [-0.15, -0.1) is 0 Å². The van der Waals surface area contributed by atoms with Crippen LogP contribution in [0.5, 0.6) is 17.2 Å². The summed E-state index contributed by atoms with van der Waals surface area (Å²) in [6.45, 7) is 2.00.